The molecule has 2 aromatic carbocycles. The summed E-state index contributed by atoms with van der Waals surface area (Å²) in [7, 11) is -2.72. The van der Waals surface area contributed by atoms with Crippen molar-refractivity contribution < 1.29 is 22.3 Å². The molecule has 3 aromatic rings. The summed E-state index contributed by atoms with van der Waals surface area (Å²) in [6, 6.07) is 9.22. The van der Waals surface area contributed by atoms with Gasteiger partial charge in [-0.25, -0.2) is 26.9 Å². The Labute approximate surface area is 186 Å². The van der Waals surface area contributed by atoms with E-state index in [4.69, 9.17) is 0 Å². The average molecular weight is 465 g/mol. The average Bonchev–Trinajstić information content (AvgIpc) is 3.19. The first kappa shape index (κ1) is 24.0. The molecule has 0 aliphatic carbocycles. The quantitative estimate of drug-likeness (QED) is 0.581. The molecule has 3 rings (SSSR count). The van der Waals surface area contributed by atoms with Gasteiger partial charge in [0.2, 0.25) is 10.0 Å². The molecule has 7 nitrogen and oxygen atoms in total. The standard InChI is InChI=1S/C22H26F2N4O3S/c1-21(2,3)16-5-8-18(9-6-16)32(30,31)27(4)12-22(29,13-28-15-25-14-26-28)19-10-7-17(23)11-20(19)24/h5-11,14-15,29H,12-13H2,1-4H3. The van der Waals surface area contributed by atoms with Crippen LogP contribution in [0.1, 0.15) is 31.9 Å². The van der Waals surface area contributed by atoms with Crippen molar-refractivity contribution in [2.75, 3.05) is 13.6 Å². The summed E-state index contributed by atoms with van der Waals surface area (Å²) < 4.78 is 56.6. The van der Waals surface area contributed by atoms with Crippen molar-refractivity contribution >= 4 is 10.0 Å². The van der Waals surface area contributed by atoms with Gasteiger partial charge in [0.1, 0.15) is 29.9 Å². The molecule has 0 radical (unpaired) electrons. The van der Waals surface area contributed by atoms with Crippen LogP contribution in [0.15, 0.2) is 60.0 Å². The number of halogens is 2. The van der Waals surface area contributed by atoms with E-state index in [0.29, 0.717) is 6.07 Å². The number of likely N-dealkylation sites (N-methyl/N-ethyl adjacent to an activating group) is 1. The molecule has 0 aliphatic rings. The Bertz CT molecular complexity index is 1180. The molecule has 1 atom stereocenters. The first-order chi connectivity index (χ1) is 14.8. The van der Waals surface area contributed by atoms with Crippen LogP contribution in [0.3, 0.4) is 0 Å². The number of hydrogen-bond acceptors (Lipinski definition) is 5. The van der Waals surface area contributed by atoms with E-state index in [-0.39, 0.29) is 22.4 Å². The topological polar surface area (TPSA) is 88.3 Å². The number of rotatable bonds is 7. The number of sulfonamides is 1. The summed E-state index contributed by atoms with van der Waals surface area (Å²) in [4.78, 5) is 3.83. The Morgan fingerprint density at radius 2 is 1.75 bits per heavy atom. The van der Waals surface area contributed by atoms with E-state index in [1.807, 2.05) is 20.8 Å². The first-order valence-electron chi connectivity index (χ1n) is 9.90. The molecule has 32 heavy (non-hydrogen) atoms. The Balaban J connectivity index is 1.96. The molecular formula is C22H26F2N4O3S. The molecule has 1 heterocycles. The molecule has 0 aliphatic heterocycles. The second-order valence-corrected chi connectivity index (χ2v) is 10.8. The minimum Gasteiger partial charge on any atom is -0.382 e. The van der Waals surface area contributed by atoms with Gasteiger partial charge in [0.25, 0.3) is 0 Å². The predicted octanol–water partition coefficient (Wildman–Crippen LogP) is 3.06. The van der Waals surface area contributed by atoms with Crippen LogP contribution in [0, 0.1) is 11.6 Å². The summed E-state index contributed by atoms with van der Waals surface area (Å²) in [6.07, 6.45) is 2.55. The zero-order valence-electron chi connectivity index (χ0n) is 18.3. The zero-order chi connectivity index (χ0) is 23.7. The third-order valence-electron chi connectivity index (χ3n) is 5.24. The normalized spacial score (nSPS) is 14.5. The fourth-order valence-electron chi connectivity index (χ4n) is 3.43. The largest absolute Gasteiger partial charge is 0.382 e. The smallest absolute Gasteiger partial charge is 0.242 e. The van der Waals surface area contributed by atoms with Crippen LogP contribution in [-0.4, -0.2) is 46.2 Å². The number of nitrogens with zero attached hydrogens (tertiary/aromatic N) is 4. The van der Waals surface area contributed by atoms with Gasteiger partial charge in [-0.05, 0) is 29.2 Å². The van der Waals surface area contributed by atoms with Crippen LogP contribution >= 0.6 is 0 Å². The maximum Gasteiger partial charge on any atom is 0.242 e. The summed E-state index contributed by atoms with van der Waals surface area (Å²) in [5.41, 5.74) is -1.47. The third kappa shape index (κ3) is 5.03. The predicted molar refractivity (Wildman–Crippen MR) is 115 cm³/mol. The maximum atomic E-state index is 14.6. The second kappa shape index (κ2) is 8.68. The van der Waals surface area contributed by atoms with E-state index < -0.39 is 33.8 Å². The van der Waals surface area contributed by atoms with Crippen LogP contribution in [0.5, 0.6) is 0 Å². The van der Waals surface area contributed by atoms with Crippen molar-refractivity contribution in [3.8, 4) is 0 Å². The van der Waals surface area contributed by atoms with Gasteiger partial charge in [0.05, 0.1) is 11.4 Å². The lowest BCUT2D eigenvalue weighted by molar-refractivity contribution is -0.00112. The summed E-state index contributed by atoms with van der Waals surface area (Å²) in [5, 5.41) is 15.3. The van der Waals surface area contributed by atoms with Gasteiger partial charge in [-0.15, -0.1) is 0 Å². The van der Waals surface area contributed by atoms with Gasteiger partial charge in [0, 0.05) is 25.2 Å². The number of hydrogen-bond donors (Lipinski definition) is 1. The first-order valence-corrected chi connectivity index (χ1v) is 11.3. The maximum absolute atomic E-state index is 14.6. The highest BCUT2D eigenvalue weighted by Gasteiger charge is 2.38. The van der Waals surface area contributed by atoms with Crippen LogP contribution < -0.4 is 0 Å². The monoisotopic (exact) mass is 464 g/mol. The van der Waals surface area contributed by atoms with Crippen LogP contribution in [0.2, 0.25) is 0 Å². The fourth-order valence-corrected chi connectivity index (χ4v) is 4.65. The zero-order valence-corrected chi connectivity index (χ0v) is 19.1. The van der Waals surface area contributed by atoms with E-state index in [9.17, 15) is 22.3 Å². The Hall–Kier alpha value is -2.69. The SMILES string of the molecule is CN(CC(O)(Cn1cncn1)c1ccc(F)cc1F)S(=O)(=O)c1ccc(C(C)(C)C)cc1. The Morgan fingerprint density at radius 1 is 1.09 bits per heavy atom. The van der Waals surface area contributed by atoms with E-state index in [0.717, 1.165) is 22.0 Å². The van der Waals surface area contributed by atoms with Gasteiger partial charge >= 0.3 is 0 Å². The molecular weight excluding hydrogens is 438 g/mol. The van der Waals surface area contributed by atoms with E-state index in [2.05, 4.69) is 10.1 Å². The van der Waals surface area contributed by atoms with Crippen molar-refractivity contribution in [3.63, 3.8) is 0 Å². The van der Waals surface area contributed by atoms with Gasteiger partial charge < -0.3 is 5.11 Å². The summed E-state index contributed by atoms with van der Waals surface area (Å²) in [6.45, 7) is 5.26. The fraction of sp³-hybridized carbons (Fsp3) is 0.364. The molecule has 10 heteroatoms. The Morgan fingerprint density at radius 3 is 2.28 bits per heavy atom. The molecule has 0 saturated heterocycles. The summed E-state index contributed by atoms with van der Waals surface area (Å²) in [5.74, 6) is -1.80. The van der Waals surface area contributed by atoms with Crippen molar-refractivity contribution in [1.82, 2.24) is 19.1 Å². The highest BCUT2D eigenvalue weighted by atomic mass is 32.2. The second-order valence-electron chi connectivity index (χ2n) is 8.78. The van der Waals surface area contributed by atoms with Crippen LogP contribution in [0.25, 0.3) is 0 Å². The molecule has 0 fully saturated rings. The number of benzene rings is 2. The third-order valence-corrected chi connectivity index (χ3v) is 7.05. The van der Waals surface area contributed by atoms with Crippen LogP contribution in [-0.2, 0) is 27.6 Å². The van der Waals surface area contributed by atoms with Gasteiger partial charge in [0.15, 0.2) is 0 Å². The lowest BCUT2D eigenvalue weighted by Gasteiger charge is -2.32. The van der Waals surface area contributed by atoms with Crippen molar-refractivity contribution in [2.24, 2.45) is 0 Å². The van der Waals surface area contributed by atoms with Crippen molar-refractivity contribution in [2.45, 2.75) is 43.2 Å². The van der Waals surface area contributed by atoms with E-state index in [1.165, 1.54) is 36.5 Å². The minimum absolute atomic E-state index is 0.0377. The number of aromatic nitrogens is 3. The van der Waals surface area contributed by atoms with Gasteiger partial charge in [-0.2, -0.15) is 9.40 Å². The van der Waals surface area contributed by atoms with E-state index in [1.54, 1.807) is 12.1 Å². The molecule has 0 saturated carbocycles. The van der Waals surface area contributed by atoms with E-state index >= 15 is 0 Å². The highest BCUT2D eigenvalue weighted by Crippen LogP contribution is 2.30. The van der Waals surface area contributed by atoms with Gasteiger partial charge in [-0.1, -0.05) is 39.0 Å². The Kier molecular flexibility index (Phi) is 6.50. The molecule has 172 valence electrons. The van der Waals surface area contributed by atoms with Gasteiger partial charge in [-0.3, -0.25) is 0 Å². The highest BCUT2D eigenvalue weighted by molar-refractivity contribution is 7.89. The molecule has 1 N–H and O–H groups in total. The molecule has 1 unspecified atom stereocenters. The number of aliphatic hydroxyl groups is 1. The molecule has 0 amide bonds. The summed E-state index contributed by atoms with van der Waals surface area (Å²) >= 11 is 0. The molecule has 0 bridgehead atoms. The molecule has 0 spiro atoms. The lowest BCUT2D eigenvalue weighted by atomic mass is 9.87. The molecule has 1 aromatic heterocycles. The van der Waals surface area contributed by atoms with Crippen molar-refractivity contribution in [3.05, 3.63) is 77.9 Å². The lowest BCUT2D eigenvalue weighted by Crippen LogP contribution is -2.45. The van der Waals surface area contributed by atoms with Crippen LogP contribution in [0.4, 0.5) is 8.78 Å². The minimum atomic E-state index is -4.01. The van der Waals surface area contributed by atoms with Crippen molar-refractivity contribution in [1.29, 1.82) is 0 Å².